The van der Waals surface area contributed by atoms with Crippen LogP contribution in [0.4, 0.5) is 0 Å². The van der Waals surface area contributed by atoms with Crippen molar-refractivity contribution < 1.29 is 4.74 Å². The van der Waals surface area contributed by atoms with Crippen molar-refractivity contribution in [3.05, 3.63) is 0 Å². The van der Waals surface area contributed by atoms with Crippen LogP contribution < -0.4 is 11.3 Å². The maximum Gasteiger partial charge on any atom is 0.0594 e. The molecule has 1 fully saturated rings. The van der Waals surface area contributed by atoms with Crippen LogP contribution in [0.5, 0.6) is 0 Å². The van der Waals surface area contributed by atoms with Crippen LogP contribution in [0, 0.1) is 0 Å². The van der Waals surface area contributed by atoms with Gasteiger partial charge in [0.15, 0.2) is 0 Å². The summed E-state index contributed by atoms with van der Waals surface area (Å²) < 4.78 is 5.22. The Kier molecular flexibility index (Phi) is 4.45. The van der Waals surface area contributed by atoms with Crippen molar-refractivity contribution in [1.29, 1.82) is 0 Å². The van der Waals surface area contributed by atoms with E-state index in [1.807, 2.05) is 0 Å². The Hall–Kier alpha value is -0.160. The molecule has 0 spiro atoms. The second-order valence-electron chi connectivity index (χ2n) is 2.76. The summed E-state index contributed by atoms with van der Waals surface area (Å²) in [6.45, 7) is 5.95. The minimum Gasteiger partial charge on any atom is -0.379 e. The third-order valence-electron chi connectivity index (χ3n) is 1.90. The van der Waals surface area contributed by atoms with Gasteiger partial charge in [-0.1, -0.05) is 0 Å². The summed E-state index contributed by atoms with van der Waals surface area (Å²) in [6, 6.07) is 0. The first kappa shape index (κ1) is 8.93. The molecule has 0 atom stereocenters. The first-order chi connectivity index (χ1) is 5.43. The summed E-state index contributed by atoms with van der Waals surface area (Å²) in [7, 11) is 0. The average Bonchev–Trinajstić information content (AvgIpc) is 2.07. The lowest BCUT2D eigenvalue weighted by molar-refractivity contribution is 0.0375. The van der Waals surface area contributed by atoms with E-state index in [2.05, 4.69) is 10.3 Å². The topological polar surface area (TPSA) is 50.5 Å². The summed E-state index contributed by atoms with van der Waals surface area (Å²) in [6.07, 6.45) is 1.12. The van der Waals surface area contributed by atoms with E-state index in [1.54, 1.807) is 0 Å². The molecule has 0 aliphatic carbocycles. The quantitative estimate of drug-likeness (QED) is 0.319. The van der Waals surface area contributed by atoms with Gasteiger partial charge in [-0.2, -0.15) is 0 Å². The zero-order valence-electron chi connectivity index (χ0n) is 6.88. The van der Waals surface area contributed by atoms with Crippen LogP contribution in [-0.4, -0.2) is 44.3 Å². The van der Waals surface area contributed by atoms with E-state index in [1.165, 1.54) is 0 Å². The molecule has 1 heterocycles. The van der Waals surface area contributed by atoms with Crippen molar-refractivity contribution in [3.8, 4) is 0 Å². The number of ether oxygens (including phenoxy) is 1. The van der Waals surface area contributed by atoms with Crippen LogP contribution >= 0.6 is 0 Å². The molecule has 0 amide bonds. The Labute approximate surface area is 67.7 Å². The molecular weight excluding hydrogens is 142 g/mol. The molecule has 0 aromatic rings. The van der Waals surface area contributed by atoms with E-state index >= 15 is 0 Å². The Balaban J connectivity index is 1.96. The minimum absolute atomic E-state index is 0.885. The molecule has 1 saturated heterocycles. The molecule has 0 unspecified atom stereocenters. The molecule has 3 N–H and O–H groups in total. The van der Waals surface area contributed by atoms with Crippen molar-refractivity contribution >= 4 is 0 Å². The Morgan fingerprint density at radius 3 is 2.73 bits per heavy atom. The highest BCUT2D eigenvalue weighted by atomic mass is 16.5. The van der Waals surface area contributed by atoms with Gasteiger partial charge >= 0.3 is 0 Å². The van der Waals surface area contributed by atoms with Crippen molar-refractivity contribution in [2.75, 3.05) is 39.4 Å². The number of morpholine rings is 1. The van der Waals surface area contributed by atoms with Gasteiger partial charge in [0.25, 0.3) is 0 Å². The van der Waals surface area contributed by atoms with E-state index in [4.69, 9.17) is 10.6 Å². The molecular formula is C7H17N3O. The lowest BCUT2D eigenvalue weighted by Crippen LogP contribution is -2.38. The van der Waals surface area contributed by atoms with Crippen LogP contribution in [0.3, 0.4) is 0 Å². The molecule has 0 radical (unpaired) electrons. The standard InChI is InChI=1S/C7H17N3O/c8-9-2-1-3-10-4-6-11-7-5-10/h9H,1-8H2. The summed E-state index contributed by atoms with van der Waals surface area (Å²) in [4.78, 5) is 2.40. The fraction of sp³-hybridized carbons (Fsp3) is 1.00. The second-order valence-corrected chi connectivity index (χ2v) is 2.76. The Bertz CT molecular complexity index is 93.7. The number of nitrogens with zero attached hydrogens (tertiary/aromatic N) is 1. The van der Waals surface area contributed by atoms with Crippen LogP contribution in [-0.2, 0) is 4.74 Å². The van der Waals surface area contributed by atoms with Gasteiger partial charge in [0.2, 0.25) is 0 Å². The highest BCUT2D eigenvalue weighted by molar-refractivity contribution is 4.61. The second kappa shape index (κ2) is 5.49. The maximum atomic E-state index is 5.22. The highest BCUT2D eigenvalue weighted by Crippen LogP contribution is 1.96. The summed E-state index contributed by atoms with van der Waals surface area (Å²) in [5.74, 6) is 5.15. The Morgan fingerprint density at radius 2 is 2.09 bits per heavy atom. The molecule has 0 aromatic heterocycles. The van der Waals surface area contributed by atoms with Crippen LogP contribution in [0.15, 0.2) is 0 Å². The van der Waals surface area contributed by atoms with E-state index in [0.29, 0.717) is 0 Å². The van der Waals surface area contributed by atoms with E-state index in [0.717, 1.165) is 45.8 Å². The molecule has 4 heteroatoms. The molecule has 1 aliphatic heterocycles. The number of hydrogen-bond donors (Lipinski definition) is 2. The molecule has 0 aromatic carbocycles. The van der Waals surface area contributed by atoms with Gasteiger partial charge in [-0.05, 0) is 13.0 Å². The number of rotatable bonds is 4. The zero-order chi connectivity index (χ0) is 7.94. The monoisotopic (exact) mass is 159 g/mol. The van der Waals surface area contributed by atoms with Crippen LogP contribution in [0.1, 0.15) is 6.42 Å². The average molecular weight is 159 g/mol. The fourth-order valence-electron chi connectivity index (χ4n) is 1.23. The predicted molar refractivity (Wildman–Crippen MR) is 44.1 cm³/mol. The van der Waals surface area contributed by atoms with Crippen LogP contribution in [0.2, 0.25) is 0 Å². The summed E-state index contributed by atoms with van der Waals surface area (Å²) in [5, 5.41) is 0. The SMILES string of the molecule is NNCCCN1CCOCC1. The van der Waals surface area contributed by atoms with E-state index in [-0.39, 0.29) is 0 Å². The predicted octanol–water partition coefficient (Wildman–Crippen LogP) is -0.828. The van der Waals surface area contributed by atoms with Gasteiger partial charge in [-0.3, -0.25) is 16.2 Å². The fourth-order valence-corrected chi connectivity index (χ4v) is 1.23. The lowest BCUT2D eigenvalue weighted by atomic mass is 10.3. The van der Waals surface area contributed by atoms with Gasteiger partial charge in [-0.15, -0.1) is 0 Å². The van der Waals surface area contributed by atoms with Gasteiger partial charge in [0, 0.05) is 19.6 Å². The summed E-state index contributed by atoms with van der Waals surface area (Å²) in [5.41, 5.74) is 2.65. The minimum atomic E-state index is 0.885. The molecule has 0 saturated carbocycles. The largest absolute Gasteiger partial charge is 0.379 e. The normalized spacial score (nSPS) is 20.5. The number of nitrogens with two attached hydrogens (primary N) is 1. The number of hydrazine groups is 1. The van der Waals surface area contributed by atoms with Crippen molar-refractivity contribution in [2.24, 2.45) is 5.84 Å². The van der Waals surface area contributed by atoms with Gasteiger partial charge in [-0.25, -0.2) is 0 Å². The molecule has 1 aliphatic rings. The maximum absolute atomic E-state index is 5.22. The zero-order valence-corrected chi connectivity index (χ0v) is 6.88. The van der Waals surface area contributed by atoms with Gasteiger partial charge in [0.1, 0.15) is 0 Å². The molecule has 1 rings (SSSR count). The third kappa shape index (κ3) is 3.67. The van der Waals surface area contributed by atoms with Crippen molar-refractivity contribution in [2.45, 2.75) is 6.42 Å². The molecule has 4 nitrogen and oxygen atoms in total. The van der Waals surface area contributed by atoms with Gasteiger partial charge < -0.3 is 4.74 Å². The first-order valence-electron chi connectivity index (χ1n) is 4.17. The molecule has 0 bridgehead atoms. The third-order valence-corrected chi connectivity index (χ3v) is 1.90. The first-order valence-corrected chi connectivity index (χ1v) is 4.17. The molecule has 66 valence electrons. The highest BCUT2D eigenvalue weighted by Gasteiger charge is 2.08. The number of nitrogens with one attached hydrogen (secondary N) is 1. The van der Waals surface area contributed by atoms with Crippen LogP contribution in [0.25, 0.3) is 0 Å². The Morgan fingerprint density at radius 1 is 1.36 bits per heavy atom. The smallest absolute Gasteiger partial charge is 0.0594 e. The van der Waals surface area contributed by atoms with Gasteiger partial charge in [0.05, 0.1) is 13.2 Å². The lowest BCUT2D eigenvalue weighted by Gasteiger charge is -2.26. The van der Waals surface area contributed by atoms with Crippen molar-refractivity contribution in [1.82, 2.24) is 10.3 Å². The van der Waals surface area contributed by atoms with Crippen molar-refractivity contribution in [3.63, 3.8) is 0 Å². The van der Waals surface area contributed by atoms with E-state index < -0.39 is 0 Å². The molecule has 11 heavy (non-hydrogen) atoms. The summed E-state index contributed by atoms with van der Waals surface area (Å²) >= 11 is 0. The van der Waals surface area contributed by atoms with E-state index in [9.17, 15) is 0 Å². The number of hydrogen-bond acceptors (Lipinski definition) is 4.